The van der Waals surface area contributed by atoms with Crippen molar-refractivity contribution in [3.05, 3.63) is 58.3 Å². The van der Waals surface area contributed by atoms with Crippen LogP contribution in [0, 0.1) is 11.3 Å². The van der Waals surface area contributed by atoms with E-state index in [1.807, 2.05) is 18.2 Å². The van der Waals surface area contributed by atoms with E-state index in [-0.39, 0.29) is 0 Å². The Morgan fingerprint density at radius 3 is 3.26 bits per heavy atom. The fraction of sp³-hybridized carbons (Fsp3) is 0.250. The fourth-order valence-electron chi connectivity index (χ4n) is 3.44. The third-order valence-electron chi connectivity index (χ3n) is 4.82. The molecule has 5 rings (SSSR count). The Hall–Kier alpha value is -2.98. The van der Waals surface area contributed by atoms with Gasteiger partial charge in [0.2, 0.25) is 0 Å². The Bertz CT molecular complexity index is 1040. The van der Waals surface area contributed by atoms with Gasteiger partial charge in [-0.15, -0.1) is 0 Å². The highest BCUT2D eigenvalue weighted by Crippen LogP contribution is 2.34. The number of allylic oxidation sites excluding steroid dienone is 1. The van der Waals surface area contributed by atoms with Crippen LogP contribution >= 0.6 is 11.8 Å². The number of nitriles is 1. The van der Waals surface area contributed by atoms with Crippen LogP contribution in [0.15, 0.2) is 50.8 Å². The van der Waals surface area contributed by atoms with E-state index in [2.05, 4.69) is 26.4 Å². The molecular weight excluding hydrogens is 360 g/mol. The Kier molecular flexibility index (Phi) is 3.98. The van der Waals surface area contributed by atoms with Crippen LogP contribution in [0.3, 0.4) is 0 Å². The number of pyridine rings is 1. The summed E-state index contributed by atoms with van der Waals surface area (Å²) in [5, 5.41) is 12.5. The highest BCUT2D eigenvalue weighted by Gasteiger charge is 2.27. The number of rotatable bonds is 4. The van der Waals surface area contributed by atoms with E-state index >= 15 is 0 Å². The molecule has 134 valence electrons. The number of thioether (sulfide) groups is 1. The molecule has 2 aromatic rings. The number of hydrogen-bond acceptors (Lipinski definition) is 7. The number of nitrogens with zero attached hydrogens (tertiary/aromatic N) is 4. The minimum atomic E-state index is 0.512. The van der Waals surface area contributed by atoms with E-state index in [4.69, 9.17) is 9.15 Å². The molecule has 4 heterocycles. The van der Waals surface area contributed by atoms with Crippen LogP contribution in [0.2, 0.25) is 0 Å². The summed E-state index contributed by atoms with van der Waals surface area (Å²) in [4.78, 5) is 10.7. The van der Waals surface area contributed by atoms with E-state index in [0.717, 1.165) is 53.7 Å². The number of aromatic nitrogens is 1. The minimum absolute atomic E-state index is 0.512. The topological polar surface area (TPSA) is 74.6 Å². The Balaban J connectivity index is 1.33. The molecule has 0 aromatic carbocycles. The van der Waals surface area contributed by atoms with Gasteiger partial charge in [-0.25, -0.2) is 0 Å². The lowest BCUT2D eigenvalue weighted by Gasteiger charge is -2.19. The van der Waals surface area contributed by atoms with Gasteiger partial charge in [0.1, 0.15) is 24.2 Å². The van der Waals surface area contributed by atoms with Crippen molar-refractivity contribution < 1.29 is 9.15 Å². The summed E-state index contributed by atoms with van der Waals surface area (Å²) in [7, 11) is 0. The monoisotopic (exact) mass is 376 g/mol. The number of ether oxygens (including phenoxy) is 1. The zero-order valence-electron chi connectivity index (χ0n) is 14.5. The van der Waals surface area contributed by atoms with E-state index < -0.39 is 0 Å². The molecule has 2 aromatic heterocycles. The molecule has 0 radical (unpaired) electrons. The quantitative estimate of drug-likeness (QED) is 0.808. The predicted octanol–water partition coefficient (Wildman–Crippen LogP) is 3.78. The standard InChI is InChI=1S/C20H16N4O2S/c21-9-14-10-22-4-3-17(14)19-8-13-7-16(1-2-18(13)26-19)25-11-15-12-27-20-23-5-6-24(15)20/h3-4,7-8,10,12H,1-2,5-6,11H2. The Morgan fingerprint density at radius 1 is 1.37 bits per heavy atom. The Labute approximate surface area is 160 Å². The smallest absolute Gasteiger partial charge is 0.168 e. The number of aryl methyl sites for hydroxylation is 1. The lowest BCUT2D eigenvalue weighted by molar-refractivity contribution is 0.213. The zero-order chi connectivity index (χ0) is 18.2. The summed E-state index contributed by atoms with van der Waals surface area (Å²) >= 11 is 1.67. The maximum absolute atomic E-state index is 9.28. The van der Waals surface area contributed by atoms with Crippen molar-refractivity contribution in [1.82, 2.24) is 9.88 Å². The highest BCUT2D eigenvalue weighted by molar-refractivity contribution is 8.16. The van der Waals surface area contributed by atoms with Crippen molar-refractivity contribution in [2.24, 2.45) is 4.99 Å². The Morgan fingerprint density at radius 2 is 2.33 bits per heavy atom. The van der Waals surface area contributed by atoms with Crippen molar-refractivity contribution in [2.45, 2.75) is 12.8 Å². The molecule has 6 nitrogen and oxygen atoms in total. The molecule has 0 unspecified atom stereocenters. The summed E-state index contributed by atoms with van der Waals surface area (Å²) in [5.74, 6) is 2.59. The molecule has 3 aliphatic rings. The molecule has 0 bridgehead atoms. The maximum Gasteiger partial charge on any atom is 0.168 e. The second kappa shape index (κ2) is 6.63. The van der Waals surface area contributed by atoms with E-state index in [1.54, 1.807) is 24.2 Å². The summed E-state index contributed by atoms with van der Waals surface area (Å²) < 4.78 is 12.1. The summed E-state index contributed by atoms with van der Waals surface area (Å²) in [6.45, 7) is 2.36. The summed E-state index contributed by atoms with van der Waals surface area (Å²) in [5.41, 5.74) is 3.47. The van der Waals surface area contributed by atoms with Gasteiger partial charge >= 0.3 is 0 Å². The van der Waals surface area contributed by atoms with Crippen molar-refractivity contribution in [2.75, 3.05) is 19.7 Å². The lowest BCUT2D eigenvalue weighted by Crippen LogP contribution is -2.23. The number of fused-ring (bicyclic) bond motifs is 2. The molecule has 0 atom stereocenters. The molecule has 0 saturated heterocycles. The molecule has 2 aliphatic heterocycles. The van der Waals surface area contributed by atoms with Crippen LogP contribution in [0.25, 0.3) is 17.4 Å². The van der Waals surface area contributed by atoms with Gasteiger partial charge in [0.05, 0.1) is 23.6 Å². The number of furan rings is 1. The first-order valence-corrected chi connectivity index (χ1v) is 9.68. The predicted molar refractivity (Wildman–Crippen MR) is 104 cm³/mol. The normalized spacial score (nSPS) is 17.6. The van der Waals surface area contributed by atoms with Gasteiger partial charge in [-0.2, -0.15) is 5.26 Å². The first-order valence-electron chi connectivity index (χ1n) is 8.80. The van der Waals surface area contributed by atoms with E-state index in [1.165, 1.54) is 5.70 Å². The molecule has 0 saturated carbocycles. The lowest BCUT2D eigenvalue weighted by atomic mass is 10.0. The van der Waals surface area contributed by atoms with Gasteiger partial charge in [0.25, 0.3) is 0 Å². The molecule has 0 fully saturated rings. The van der Waals surface area contributed by atoms with Crippen LogP contribution < -0.4 is 0 Å². The largest absolute Gasteiger partial charge is 0.492 e. The molecule has 1 aliphatic carbocycles. The van der Waals surface area contributed by atoms with Crippen molar-refractivity contribution >= 4 is 23.0 Å². The maximum atomic E-state index is 9.28. The van der Waals surface area contributed by atoms with E-state index in [9.17, 15) is 5.26 Å². The number of amidine groups is 1. The summed E-state index contributed by atoms with van der Waals surface area (Å²) in [6.07, 6.45) is 6.87. The van der Waals surface area contributed by atoms with Crippen molar-refractivity contribution in [3.63, 3.8) is 0 Å². The molecule has 0 spiro atoms. The van der Waals surface area contributed by atoms with Gasteiger partial charge in [-0.3, -0.25) is 9.98 Å². The van der Waals surface area contributed by atoms with Crippen LogP contribution in [0.5, 0.6) is 0 Å². The average molecular weight is 376 g/mol. The first kappa shape index (κ1) is 16.2. The van der Waals surface area contributed by atoms with Gasteiger partial charge in [-0.1, -0.05) is 11.8 Å². The first-order chi connectivity index (χ1) is 13.3. The number of aliphatic imine (C=N–C) groups is 1. The van der Waals surface area contributed by atoms with E-state index in [0.29, 0.717) is 17.9 Å². The van der Waals surface area contributed by atoms with Gasteiger partial charge < -0.3 is 14.1 Å². The molecule has 7 heteroatoms. The van der Waals surface area contributed by atoms with Gasteiger partial charge in [0.15, 0.2) is 5.17 Å². The molecular formula is C20H16N4O2S. The van der Waals surface area contributed by atoms with Gasteiger partial charge in [0, 0.05) is 48.3 Å². The highest BCUT2D eigenvalue weighted by atomic mass is 32.2. The molecule has 27 heavy (non-hydrogen) atoms. The van der Waals surface area contributed by atoms with Crippen LogP contribution in [0.4, 0.5) is 0 Å². The zero-order valence-corrected chi connectivity index (χ0v) is 15.3. The second-order valence-electron chi connectivity index (χ2n) is 6.46. The third kappa shape index (κ3) is 2.92. The molecule has 0 amide bonds. The van der Waals surface area contributed by atoms with Crippen molar-refractivity contribution in [3.8, 4) is 17.4 Å². The van der Waals surface area contributed by atoms with Crippen LogP contribution in [-0.4, -0.2) is 34.7 Å². The van der Waals surface area contributed by atoms with Crippen LogP contribution in [-0.2, 0) is 11.2 Å². The SMILES string of the molecule is N#Cc1cnccc1-c1cc2c(o1)CCC(OCC1=CSC3=NCCN13)=C2. The second-order valence-corrected chi connectivity index (χ2v) is 7.30. The van der Waals surface area contributed by atoms with Crippen molar-refractivity contribution in [1.29, 1.82) is 5.26 Å². The average Bonchev–Trinajstić information content (AvgIpc) is 3.41. The fourth-order valence-corrected chi connectivity index (χ4v) is 4.38. The van der Waals surface area contributed by atoms with Gasteiger partial charge in [-0.05, 0) is 18.2 Å². The van der Waals surface area contributed by atoms with Crippen LogP contribution in [0.1, 0.15) is 23.3 Å². The minimum Gasteiger partial charge on any atom is -0.492 e. The molecule has 0 N–H and O–H groups in total. The third-order valence-corrected chi connectivity index (χ3v) is 5.77. The number of hydrogen-bond donors (Lipinski definition) is 0. The summed E-state index contributed by atoms with van der Waals surface area (Å²) in [6, 6.07) is 5.95.